The maximum Gasteiger partial charge on any atom is 0.0377 e. The molecule has 1 heterocycles. The highest BCUT2D eigenvalue weighted by Gasteiger charge is 2.04. The van der Waals surface area contributed by atoms with Crippen LogP contribution >= 0.6 is 11.3 Å². The summed E-state index contributed by atoms with van der Waals surface area (Å²) in [6.07, 6.45) is 2.28. The lowest BCUT2D eigenvalue weighted by atomic mass is 10.0. The summed E-state index contributed by atoms with van der Waals surface area (Å²) in [7, 11) is 0. The summed E-state index contributed by atoms with van der Waals surface area (Å²) in [5, 5.41) is 1.43. The molecule has 0 aliphatic heterocycles. The van der Waals surface area contributed by atoms with Gasteiger partial charge < -0.3 is 0 Å². The van der Waals surface area contributed by atoms with Crippen LogP contribution < -0.4 is 0 Å². The molecule has 0 bridgehead atoms. The van der Waals surface area contributed by atoms with E-state index in [0.717, 1.165) is 12.8 Å². The van der Waals surface area contributed by atoms with Crippen molar-refractivity contribution in [3.8, 4) is 0 Å². The second-order valence-corrected chi connectivity index (χ2v) is 4.99. The van der Waals surface area contributed by atoms with Crippen LogP contribution in [0.1, 0.15) is 29.9 Å². The highest BCUT2D eigenvalue weighted by atomic mass is 32.1. The number of benzene rings is 1. The van der Waals surface area contributed by atoms with Crippen molar-refractivity contribution in [3.05, 3.63) is 34.2 Å². The Hall–Kier alpha value is -0.820. The van der Waals surface area contributed by atoms with Gasteiger partial charge in [0.05, 0.1) is 0 Å². The predicted molar refractivity (Wildman–Crippen MR) is 65.3 cm³/mol. The molecule has 1 aromatic heterocycles. The summed E-state index contributed by atoms with van der Waals surface area (Å²) in [6, 6.07) is 6.99. The van der Waals surface area contributed by atoms with Gasteiger partial charge in [-0.25, -0.2) is 0 Å². The molecule has 0 saturated carbocycles. The zero-order valence-corrected chi connectivity index (χ0v) is 9.87. The van der Waals surface area contributed by atoms with Gasteiger partial charge in [0.15, 0.2) is 0 Å². The monoisotopic (exact) mass is 204 g/mol. The first-order valence-electron chi connectivity index (χ1n) is 5.26. The second-order valence-electron chi connectivity index (χ2n) is 3.74. The van der Waals surface area contributed by atoms with Gasteiger partial charge in [-0.1, -0.05) is 26.0 Å². The van der Waals surface area contributed by atoms with Crippen molar-refractivity contribution in [2.75, 3.05) is 0 Å². The van der Waals surface area contributed by atoms with Gasteiger partial charge in [-0.15, -0.1) is 11.3 Å². The fraction of sp³-hybridized carbons (Fsp3) is 0.385. The number of aryl methyl sites for hydroxylation is 3. The van der Waals surface area contributed by atoms with Gasteiger partial charge in [0.1, 0.15) is 0 Å². The molecular weight excluding hydrogens is 188 g/mol. The van der Waals surface area contributed by atoms with Gasteiger partial charge in [-0.3, -0.25) is 0 Å². The van der Waals surface area contributed by atoms with Crippen molar-refractivity contribution in [2.45, 2.75) is 33.6 Å². The van der Waals surface area contributed by atoms with E-state index in [1.165, 1.54) is 26.1 Å². The largest absolute Gasteiger partial charge is 0.140 e. The maximum atomic E-state index is 2.36. The summed E-state index contributed by atoms with van der Waals surface area (Å²) in [6.45, 7) is 6.65. The summed E-state index contributed by atoms with van der Waals surface area (Å²) in [5.74, 6) is 0. The first kappa shape index (κ1) is 9.72. The number of rotatable bonds is 2. The van der Waals surface area contributed by atoms with Gasteiger partial charge >= 0.3 is 0 Å². The van der Waals surface area contributed by atoms with Crippen LogP contribution in [0.3, 0.4) is 0 Å². The normalized spacial score (nSPS) is 11.1. The lowest BCUT2D eigenvalue weighted by molar-refractivity contribution is 1.11. The van der Waals surface area contributed by atoms with Crippen molar-refractivity contribution >= 4 is 21.4 Å². The molecular formula is C13H16S. The van der Waals surface area contributed by atoms with Crippen LogP contribution in [0.15, 0.2) is 18.2 Å². The van der Waals surface area contributed by atoms with E-state index in [0.29, 0.717) is 0 Å². The third kappa shape index (κ3) is 1.57. The van der Waals surface area contributed by atoms with E-state index in [4.69, 9.17) is 0 Å². The summed E-state index contributed by atoms with van der Waals surface area (Å²) >= 11 is 1.92. The van der Waals surface area contributed by atoms with E-state index in [1.54, 1.807) is 0 Å². The molecule has 0 aliphatic rings. The van der Waals surface area contributed by atoms with Gasteiger partial charge in [0.25, 0.3) is 0 Å². The van der Waals surface area contributed by atoms with Crippen molar-refractivity contribution in [1.29, 1.82) is 0 Å². The molecule has 0 nitrogen and oxygen atoms in total. The van der Waals surface area contributed by atoms with Crippen molar-refractivity contribution < 1.29 is 0 Å². The summed E-state index contributed by atoms with van der Waals surface area (Å²) in [5.41, 5.74) is 2.98. The van der Waals surface area contributed by atoms with Crippen molar-refractivity contribution in [1.82, 2.24) is 0 Å². The summed E-state index contributed by atoms with van der Waals surface area (Å²) in [4.78, 5) is 1.42. The van der Waals surface area contributed by atoms with Crippen LogP contribution in [0.4, 0.5) is 0 Å². The molecule has 0 amide bonds. The first-order valence-corrected chi connectivity index (χ1v) is 6.08. The smallest absolute Gasteiger partial charge is 0.0377 e. The van der Waals surface area contributed by atoms with Gasteiger partial charge in [0.2, 0.25) is 0 Å². The molecule has 0 fully saturated rings. The minimum Gasteiger partial charge on any atom is -0.140 e. The van der Waals surface area contributed by atoms with Gasteiger partial charge in [0, 0.05) is 9.58 Å². The highest BCUT2D eigenvalue weighted by molar-refractivity contribution is 7.19. The van der Waals surface area contributed by atoms with Crippen LogP contribution in [-0.2, 0) is 12.8 Å². The number of hydrogen-bond donors (Lipinski definition) is 0. The van der Waals surface area contributed by atoms with Gasteiger partial charge in [-0.2, -0.15) is 0 Å². The Kier molecular flexibility index (Phi) is 2.60. The fourth-order valence-corrected chi connectivity index (χ4v) is 2.97. The van der Waals surface area contributed by atoms with Crippen LogP contribution in [0.2, 0.25) is 0 Å². The molecule has 2 aromatic rings. The van der Waals surface area contributed by atoms with E-state index in [1.807, 2.05) is 11.3 Å². The molecule has 0 radical (unpaired) electrons. The molecule has 74 valence electrons. The average molecular weight is 204 g/mol. The molecule has 0 N–H and O–H groups in total. The lowest BCUT2D eigenvalue weighted by Crippen LogP contribution is -1.85. The lowest BCUT2D eigenvalue weighted by Gasteiger charge is -2.03. The summed E-state index contributed by atoms with van der Waals surface area (Å²) < 4.78 is 1.49. The predicted octanol–water partition coefficient (Wildman–Crippen LogP) is 4.33. The van der Waals surface area contributed by atoms with Crippen molar-refractivity contribution in [2.24, 2.45) is 0 Å². The highest BCUT2D eigenvalue weighted by Crippen LogP contribution is 2.30. The Labute approximate surface area is 89.6 Å². The Morgan fingerprint density at radius 3 is 2.50 bits per heavy atom. The Morgan fingerprint density at radius 1 is 1.07 bits per heavy atom. The minimum atomic E-state index is 1.14. The zero-order valence-electron chi connectivity index (χ0n) is 9.05. The number of hydrogen-bond acceptors (Lipinski definition) is 1. The van der Waals surface area contributed by atoms with Crippen LogP contribution in [0, 0.1) is 6.92 Å². The number of thiophene rings is 1. The zero-order chi connectivity index (χ0) is 10.1. The topological polar surface area (TPSA) is 0 Å². The minimum absolute atomic E-state index is 1.14. The van der Waals surface area contributed by atoms with E-state index >= 15 is 0 Å². The van der Waals surface area contributed by atoms with E-state index in [2.05, 4.69) is 39.0 Å². The van der Waals surface area contributed by atoms with Crippen LogP contribution in [0.5, 0.6) is 0 Å². The molecule has 1 heteroatoms. The second kappa shape index (κ2) is 3.74. The Bertz CT molecular complexity index is 451. The molecule has 2 rings (SSSR count). The standard InChI is InChI=1S/C13H16S/c1-4-10-7-11(5-2)13-12(8-10)6-9(3)14-13/h6-8H,4-5H2,1-3H3. The molecule has 0 spiro atoms. The van der Waals surface area contributed by atoms with E-state index < -0.39 is 0 Å². The van der Waals surface area contributed by atoms with Crippen LogP contribution in [-0.4, -0.2) is 0 Å². The molecule has 0 aliphatic carbocycles. The SMILES string of the molecule is CCc1cc(CC)c2sc(C)cc2c1. The molecule has 0 unspecified atom stereocenters. The van der Waals surface area contributed by atoms with E-state index in [9.17, 15) is 0 Å². The Balaban J connectivity index is 2.72. The first-order chi connectivity index (χ1) is 6.74. The quantitative estimate of drug-likeness (QED) is 0.683. The molecule has 0 saturated heterocycles. The molecule has 1 aromatic carbocycles. The molecule has 14 heavy (non-hydrogen) atoms. The fourth-order valence-electron chi connectivity index (χ4n) is 1.89. The third-order valence-electron chi connectivity index (χ3n) is 2.67. The van der Waals surface area contributed by atoms with Crippen LogP contribution in [0.25, 0.3) is 10.1 Å². The molecule has 0 atom stereocenters. The van der Waals surface area contributed by atoms with Crippen molar-refractivity contribution in [3.63, 3.8) is 0 Å². The maximum absolute atomic E-state index is 2.36. The van der Waals surface area contributed by atoms with Gasteiger partial charge in [-0.05, 0) is 42.3 Å². The average Bonchev–Trinajstić information content (AvgIpc) is 2.56. The Morgan fingerprint density at radius 2 is 1.86 bits per heavy atom. The van der Waals surface area contributed by atoms with E-state index in [-0.39, 0.29) is 0 Å². The number of fused-ring (bicyclic) bond motifs is 1. The third-order valence-corrected chi connectivity index (χ3v) is 3.81.